The predicted octanol–water partition coefficient (Wildman–Crippen LogP) is 1.35. The predicted molar refractivity (Wildman–Crippen MR) is 58.0 cm³/mol. The molecule has 0 aliphatic heterocycles. The lowest BCUT2D eigenvalue weighted by molar-refractivity contribution is 0.458. The van der Waals surface area contributed by atoms with Crippen molar-refractivity contribution >= 4 is 0 Å². The molecule has 0 bridgehead atoms. The Balaban J connectivity index is 2.93. The zero-order chi connectivity index (χ0) is 10.6. The maximum atomic E-state index is 11.7. The van der Waals surface area contributed by atoms with Crippen molar-refractivity contribution in [1.29, 1.82) is 0 Å². The van der Waals surface area contributed by atoms with E-state index in [2.05, 4.69) is 13.8 Å². The highest BCUT2D eigenvalue weighted by Crippen LogP contribution is 2.03. The van der Waals surface area contributed by atoms with Crippen LogP contribution in [0.3, 0.4) is 0 Å². The van der Waals surface area contributed by atoms with Crippen LogP contribution in [0.5, 0.6) is 0 Å². The molecule has 1 heterocycles. The second-order valence-electron chi connectivity index (χ2n) is 3.71. The minimum atomic E-state index is 0.0512. The molecule has 78 valence electrons. The molecule has 0 amide bonds. The summed E-state index contributed by atoms with van der Waals surface area (Å²) in [6.45, 7) is 5.37. The lowest BCUT2D eigenvalue weighted by Crippen LogP contribution is -2.26. The molecule has 0 saturated carbocycles. The fourth-order valence-corrected chi connectivity index (χ4v) is 1.35. The van der Waals surface area contributed by atoms with Gasteiger partial charge in [-0.05, 0) is 12.0 Å². The van der Waals surface area contributed by atoms with Gasteiger partial charge in [0.05, 0.1) is 0 Å². The van der Waals surface area contributed by atoms with Gasteiger partial charge in [0.15, 0.2) is 0 Å². The van der Waals surface area contributed by atoms with E-state index in [4.69, 9.17) is 5.73 Å². The van der Waals surface area contributed by atoms with E-state index in [1.54, 1.807) is 10.6 Å². The third-order valence-corrected chi connectivity index (χ3v) is 2.52. The van der Waals surface area contributed by atoms with E-state index in [0.29, 0.717) is 18.0 Å². The average Bonchev–Trinajstić information content (AvgIpc) is 2.21. The summed E-state index contributed by atoms with van der Waals surface area (Å²) < 4.78 is 1.75. The average molecular weight is 194 g/mol. The zero-order valence-corrected chi connectivity index (χ0v) is 8.86. The van der Waals surface area contributed by atoms with Gasteiger partial charge in [-0.1, -0.05) is 26.3 Å². The Labute approximate surface area is 84.6 Å². The van der Waals surface area contributed by atoms with Crippen LogP contribution in [0.4, 0.5) is 0 Å². The first-order valence-electron chi connectivity index (χ1n) is 5.07. The number of hydrogen-bond donors (Lipinski definition) is 1. The molecule has 3 nitrogen and oxygen atoms in total. The van der Waals surface area contributed by atoms with Crippen molar-refractivity contribution in [2.45, 2.75) is 33.4 Å². The van der Waals surface area contributed by atoms with Crippen LogP contribution < -0.4 is 11.3 Å². The lowest BCUT2D eigenvalue weighted by atomic mass is 10.1. The molecule has 0 radical (unpaired) electrons. The van der Waals surface area contributed by atoms with Crippen LogP contribution in [-0.2, 0) is 13.1 Å². The number of nitrogens with zero attached hydrogens (tertiary/aromatic N) is 1. The SMILES string of the molecule is CCC(C)Cn1cccc(CN)c1=O. The van der Waals surface area contributed by atoms with Crippen molar-refractivity contribution in [1.82, 2.24) is 4.57 Å². The maximum absolute atomic E-state index is 11.7. The Morgan fingerprint density at radius 3 is 2.86 bits per heavy atom. The maximum Gasteiger partial charge on any atom is 0.255 e. The Bertz CT molecular complexity index is 343. The molecule has 14 heavy (non-hydrogen) atoms. The van der Waals surface area contributed by atoms with E-state index < -0.39 is 0 Å². The summed E-state index contributed by atoms with van der Waals surface area (Å²) in [6, 6.07) is 3.67. The van der Waals surface area contributed by atoms with Gasteiger partial charge in [0.2, 0.25) is 0 Å². The summed E-state index contributed by atoms with van der Waals surface area (Å²) >= 11 is 0. The molecule has 1 rings (SSSR count). The van der Waals surface area contributed by atoms with E-state index in [-0.39, 0.29) is 5.56 Å². The number of rotatable bonds is 4. The first kappa shape index (κ1) is 11.0. The van der Waals surface area contributed by atoms with Gasteiger partial charge in [0, 0.05) is 24.8 Å². The minimum absolute atomic E-state index is 0.0512. The smallest absolute Gasteiger partial charge is 0.255 e. The topological polar surface area (TPSA) is 48.0 Å². The van der Waals surface area contributed by atoms with Crippen LogP contribution in [0.25, 0.3) is 0 Å². The van der Waals surface area contributed by atoms with Crippen LogP contribution in [0, 0.1) is 5.92 Å². The molecule has 1 aromatic rings. The zero-order valence-electron chi connectivity index (χ0n) is 8.86. The molecule has 0 saturated heterocycles. The quantitative estimate of drug-likeness (QED) is 0.786. The summed E-state index contributed by atoms with van der Waals surface area (Å²) in [4.78, 5) is 11.7. The summed E-state index contributed by atoms with van der Waals surface area (Å²) in [5.41, 5.74) is 6.21. The summed E-state index contributed by atoms with van der Waals surface area (Å²) in [7, 11) is 0. The Morgan fingerprint density at radius 1 is 1.57 bits per heavy atom. The first-order valence-corrected chi connectivity index (χ1v) is 5.07. The van der Waals surface area contributed by atoms with Gasteiger partial charge >= 0.3 is 0 Å². The molecule has 0 spiro atoms. The van der Waals surface area contributed by atoms with Crippen molar-refractivity contribution in [3.8, 4) is 0 Å². The fourth-order valence-electron chi connectivity index (χ4n) is 1.35. The van der Waals surface area contributed by atoms with Gasteiger partial charge in [-0.2, -0.15) is 0 Å². The van der Waals surface area contributed by atoms with Crippen molar-refractivity contribution in [2.24, 2.45) is 11.7 Å². The number of nitrogens with two attached hydrogens (primary N) is 1. The molecule has 0 fully saturated rings. The Morgan fingerprint density at radius 2 is 2.29 bits per heavy atom. The lowest BCUT2D eigenvalue weighted by Gasteiger charge is -2.11. The molecule has 0 aliphatic rings. The molecule has 0 aliphatic carbocycles. The van der Waals surface area contributed by atoms with Gasteiger partial charge < -0.3 is 10.3 Å². The van der Waals surface area contributed by atoms with Gasteiger partial charge in [-0.15, -0.1) is 0 Å². The Hall–Kier alpha value is -1.09. The van der Waals surface area contributed by atoms with E-state index in [9.17, 15) is 4.79 Å². The molecular weight excluding hydrogens is 176 g/mol. The fraction of sp³-hybridized carbons (Fsp3) is 0.545. The highest BCUT2D eigenvalue weighted by Gasteiger charge is 2.04. The number of hydrogen-bond acceptors (Lipinski definition) is 2. The number of aromatic nitrogens is 1. The largest absolute Gasteiger partial charge is 0.326 e. The number of pyridine rings is 1. The monoisotopic (exact) mass is 194 g/mol. The first-order chi connectivity index (χ1) is 6.69. The normalized spacial score (nSPS) is 12.8. The molecule has 1 unspecified atom stereocenters. The summed E-state index contributed by atoms with van der Waals surface area (Å²) in [5.74, 6) is 0.528. The molecule has 1 atom stereocenters. The highest BCUT2D eigenvalue weighted by atomic mass is 16.1. The molecule has 2 N–H and O–H groups in total. The van der Waals surface area contributed by atoms with Gasteiger partial charge in [0.1, 0.15) is 0 Å². The van der Waals surface area contributed by atoms with Gasteiger partial charge in [-0.3, -0.25) is 4.79 Å². The van der Waals surface area contributed by atoms with Gasteiger partial charge in [0.25, 0.3) is 5.56 Å². The summed E-state index contributed by atoms with van der Waals surface area (Å²) in [5, 5.41) is 0. The highest BCUT2D eigenvalue weighted by molar-refractivity contribution is 5.09. The summed E-state index contributed by atoms with van der Waals surface area (Å²) in [6.07, 6.45) is 2.91. The van der Waals surface area contributed by atoms with Gasteiger partial charge in [-0.25, -0.2) is 0 Å². The van der Waals surface area contributed by atoms with Crippen LogP contribution in [0.15, 0.2) is 23.1 Å². The minimum Gasteiger partial charge on any atom is -0.326 e. The second kappa shape index (κ2) is 4.96. The van der Waals surface area contributed by atoms with Crippen molar-refractivity contribution < 1.29 is 0 Å². The van der Waals surface area contributed by atoms with Crippen molar-refractivity contribution in [3.63, 3.8) is 0 Å². The van der Waals surface area contributed by atoms with E-state index >= 15 is 0 Å². The van der Waals surface area contributed by atoms with Crippen LogP contribution in [0.2, 0.25) is 0 Å². The Kier molecular flexibility index (Phi) is 3.89. The van der Waals surface area contributed by atoms with E-state index in [0.717, 1.165) is 13.0 Å². The second-order valence-corrected chi connectivity index (χ2v) is 3.71. The third-order valence-electron chi connectivity index (χ3n) is 2.52. The van der Waals surface area contributed by atoms with E-state index in [1.165, 1.54) is 0 Å². The van der Waals surface area contributed by atoms with Crippen LogP contribution >= 0.6 is 0 Å². The van der Waals surface area contributed by atoms with E-state index in [1.807, 2.05) is 12.3 Å². The molecule has 3 heteroatoms. The van der Waals surface area contributed by atoms with Crippen LogP contribution in [-0.4, -0.2) is 4.57 Å². The van der Waals surface area contributed by atoms with Crippen LogP contribution in [0.1, 0.15) is 25.8 Å². The molecular formula is C11H18N2O. The standard InChI is InChI=1S/C11H18N2O/c1-3-9(2)8-13-6-4-5-10(7-12)11(13)14/h4-6,9H,3,7-8,12H2,1-2H3. The van der Waals surface area contributed by atoms with Crippen molar-refractivity contribution in [2.75, 3.05) is 0 Å². The molecule has 0 aromatic carbocycles. The molecule has 1 aromatic heterocycles. The third kappa shape index (κ3) is 2.45. The van der Waals surface area contributed by atoms with Crippen molar-refractivity contribution in [3.05, 3.63) is 34.2 Å².